The largest absolute Gasteiger partial charge is 0.511 e. The number of benzene rings is 3. The Bertz CT molecular complexity index is 1460. The van der Waals surface area contributed by atoms with Crippen molar-refractivity contribution in [2.75, 3.05) is 18.0 Å². The summed E-state index contributed by atoms with van der Waals surface area (Å²) < 4.78 is 17.2. The Kier molecular flexibility index (Phi) is 8.64. The first-order chi connectivity index (χ1) is 19.3. The summed E-state index contributed by atoms with van der Waals surface area (Å²) in [4.78, 5) is 13.5. The molecule has 0 atom stereocenters. The number of anilines is 1. The van der Waals surface area contributed by atoms with Gasteiger partial charge in [0.05, 0.1) is 22.8 Å². The third kappa shape index (κ3) is 6.12. The summed E-state index contributed by atoms with van der Waals surface area (Å²) in [6.07, 6.45) is 0.386. The van der Waals surface area contributed by atoms with Crippen LogP contribution in [0.15, 0.2) is 71.3 Å². The van der Waals surface area contributed by atoms with Gasteiger partial charge in [-0.25, -0.2) is 4.79 Å². The van der Waals surface area contributed by atoms with Gasteiger partial charge in [0.2, 0.25) is 0 Å². The monoisotopic (exact) mass is 580 g/mol. The molecule has 7 nitrogen and oxygen atoms in total. The zero-order chi connectivity index (χ0) is 28.2. The Morgan fingerprint density at radius 1 is 1.05 bits per heavy atom. The molecule has 4 aromatic rings. The van der Waals surface area contributed by atoms with Crippen LogP contribution in [0.2, 0.25) is 10.0 Å². The van der Waals surface area contributed by atoms with Crippen molar-refractivity contribution in [3.05, 3.63) is 88.1 Å². The Morgan fingerprint density at radius 3 is 2.40 bits per heavy atom. The molecule has 1 aliphatic rings. The van der Waals surface area contributed by atoms with Crippen LogP contribution < -0.4 is 9.64 Å². The van der Waals surface area contributed by atoms with E-state index in [1.54, 1.807) is 24.3 Å². The van der Waals surface area contributed by atoms with E-state index in [0.717, 1.165) is 54.1 Å². The molecule has 1 aromatic heterocycles. The minimum absolute atomic E-state index is 0.0592. The normalized spacial score (nSPS) is 14.1. The number of nitrogens with zero attached hydrogens (tertiary/aromatic N) is 2. The summed E-state index contributed by atoms with van der Waals surface area (Å²) in [6.45, 7) is 6.04. The second kappa shape index (κ2) is 12.3. The molecule has 3 aromatic carbocycles. The van der Waals surface area contributed by atoms with Crippen LogP contribution in [0.4, 0.5) is 10.5 Å². The van der Waals surface area contributed by atoms with E-state index in [4.69, 9.17) is 37.2 Å². The summed E-state index contributed by atoms with van der Waals surface area (Å²) in [7, 11) is 0. The minimum Gasteiger partial charge on any atom is -0.449 e. The highest BCUT2D eigenvalue weighted by molar-refractivity contribution is 6.39. The summed E-state index contributed by atoms with van der Waals surface area (Å²) in [5, 5.41) is 14.5. The van der Waals surface area contributed by atoms with Crippen LogP contribution in [0.5, 0.6) is 5.75 Å². The molecule has 0 radical (unpaired) electrons. The number of carbonyl (C=O) groups is 1. The number of carboxylic acid groups (broad SMARTS) is 1. The van der Waals surface area contributed by atoms with E-state index in [-0.39, 0.29) is 12.0 Å². The summed E-state index contributed by atoms with van der Waals surface area (Å²) in [5.74, 6) is 1.19. The number of hydrogen-bond acceptors (Lipinski definition) is 6. The van der Waals surface area contributed by atoms with Gasteiger partial charge in [-0.1, -0.05) is 78.6 Å². The third-order valence-electron chi connectivity index (χ3n) is 7.06. The van der Waals surface area contributed by atoms with Gasteiger partial charge in [-0.15, -0.1) is 0 Å². The Hall–Kier alpha value is -3.52. The lowest BCUT2D eigenvalue weighted by atomic mass is 10.0. The molecule has 0 bridgehead atoms. The van der Waals surface area contributed by atoms with Crippen LogP contribution in [0.3, 0.4) is 0 Å². The van der Waals surface area contributed by atoms with Crippen molar-refractivity contribution >= 4 is 35.0 Å². The molecule has 0 aliphatic carbocycles. The number of aromatic nitrogens is 1. The summed E-state index contributed by atoms with van der Waals surface area (Å²) in [5.41, 5.74) is 4.77. The lowest BCUT2D eigenvalue weighted by Crippen LogP contribution is -2.37. The Labute approximate surface area is 243 Å². The van der Waals surface area contributed by atoms with Gasteiger partial charge >= 0.3 is 6.16 Å². The molecular weight excluding hydrogens is 551 g/mol. The van der Waals surface area contributed by atoms with Crippen LogP contribution in [0, 0.1) is 0 Å². The fraction of sp³-hybridized carbons (Fsp3) is 0.290. The average molecular weight is 581 g/mol. The maximum Gasteiger partial charge on any atom is 0.511 e. The quantitative estimate of drug-likeness (QED) is 0.165. The van der Waals surface area contributed by atoms with Gasteiger partial charge in [0, 0.05) is 41.4 Å². The van der Waals surface area contributed by atoms with E-state index in [0.29, 0.717) is 33.7 Å². The van der Waals surface area contributed by atoms with Gasteiger partial charge in [-0.3, -0.25) is 0 Å². The van der Waals surface area contributed by atoms with Crippen LogP contribution in [0.25, 0.3) is 22.4 Å². The molecule has 1 saturated heterocycles. The smallest absolute Gasteiger partial charge is 0.449 e. The highest BCUT2D eigenvalue weighted by Gasteiger charge is 2.26. The van der Waals surface area contributed by atoms with Crippen LogP contribution in [-0.2, 0) is 11.3 Å². The van der Waals surface area contributed by atoms with Crippen LogP contribution >= 0.6 is 23.2 Å². The van der Waals surface area contributed by atoms with Crippen molar-refractivity contribution in [1.29, 1.82) is 0 Å². The van der Waals surface area contributed by atoms with Gasteiger partial charge in [0.1, 0.15) is 17.2 Å². The van der Waals surface area contributed by atoms with E-state index in [9.17, 15) is 9.90 Å². The minimum atomic E-state index is -1.34. The van der Waals surface area contributed by atoms with Crippen molar-refractivity contribution in [2.45, 2.75) is 45.3 Å². The molecule has 0 amide bonds. The van der Waals surface area contributed by atoms with Crippen molar-refractivity contribution in [3.8, 4) is 28.1 Å². The van der Waals surface area contributed by atoms with Gasteiger partial charge in [-0.05, 0) is 48.7 Å². The zero-order valence-electron chi connectivity index (χ0n) is 22.3. The zero-order valence-corrected chi connectivity index (χ0v) is 23.8. The van der Waals surface area contributed by atoms with Crippen molar-refractivity contribution in [2.24, 2.45) is 0 Å². The molecule has 0 saturated carbocycles. The predicted molar refractivity (Wildman–Crippen MR) is 157 cm³/mol. The molecule has 0 unspecified atom stereocenters. The van der Waals surface area contributed by atoms with Crippen molar-refractivity contribution in [3.63, 3.8) is 0 Å². The topological polar surface area (TPSA) is 85.0 Å². The molecule has 5 rings (SSSR count). The number of piperidine rings is 1. The predicted octanol–water partition coefficient (Wildman–Crippen LogP) is 8.68. The Morgan fingerprint density at radius 2 is 1.75 bits per heavy atom. The number of halogens is 2. The van der Waals surface area contributed by atoms with E-state index < -0.39 is 6.16 Å². The van der Waals surface area contributed by atoms with Crippen LogP contribution in [0.1, 0.15) is 43.9 Å². The standard InChI is InChI=1S/C31H30Cl2N2O5/c1-19(2)30-24(29(34-40-30)28-25(32)9-6-10-26(28)33)18-38-22-13-15-35(16-14-22)21-11-12-27(39-31(36)37)23(17-21)20-7-4-3-5-8-20/h3-12,17,19,22H,13-16,18H2,1-2H3,(H,36,37). The van der Waals surface area contributed by atoms with E-state index in [1.807, 2.05) is 42.5 Å². The van der Waals surface area contributed by atoms with Crippen molar-refractivity contribution in [1.82, 2.24) is 5.16 Å². The van der Waals surface area contributed by atoms with E-state index in [2.05, 4.69) is 23.9 Å². The van der Waals surface area contributed by atoms with Gasteiger partial charge in [0.25, 0.3) is 0 Å². The number of rotatable bonds is 8. The van der Waals surface area contributed by atoms with Crippen LogP contribution in [-0.4, -0.2) is 35.6 Å². The first-order valence-corrected chi connectivity index (χ1v) is 14.0. The molecule has 1 N–H and O–H groups in total. The van der Waals surface area contributed by atoms with Crippen molar-refractivity contribution < 1.29 is 23.9 Å². The highest BCUT2D eigenvalue weighted by atomic mass is 35.5. The van der Waals surface area contributed by atoms with Gasteiger partial charge in [-0.2, -0.15) is 0 Å². The fourth-order valence-corrected chi connectivity index (χ4v) is 5.63. The average Bonchev–Trinajstić information content (AvgIpc) is 3.36. The molecule has 9 heteroatoms. The fourth-order valence-electron chi connectivity index (χ4n) is 5.06. The molecule has 208 valence electrons. The number of ether oxygens (including phenoxy) is 2. The SMILES string of the molecule is CC(C)c1onc(-c2c(Cl)cccc2Cl)c1COC1CCN(c2ccc(OC(=O)O)c(-c3ccccc3)c2)CC1. The highest BCUT2D eigenvalue weighted by Crippen LogP contribution is 2.39. The molecule has 40 heavy (non-hydrogen) atoms. The molecule has 2 heterocycles. The second-order valence-corrected chi connectivity index (χ2v) is 10.9. The number of hydrogen-bond donors (Lipinski definition) is 1. The second-order valence-electron chi connectivity index (χ2n) is 10.0. The van der Waals surface area contributed by atoms with E-state index in [1.165, 1.54) is 0 Å². The molecular formula is C31H30Cl2N2O5. The maximum atomic E-state index is 11.2. The Balaban J connectivity index is 1.29. The van der Waals surface area contributed by atoms with E-state index >= 15 is 0 Å². The maximum absolute atomic E-state index is 11.2. The first-order valence-electron chi connectivity index (χ1n) is 13.2. The first kappa shape index (κ1) is 28.0. The lowest BCUT2D eigenvalue weighted by molar-refractivity contribution is 0.0245. The van der Waals surface area contributed by atoms with Gasteiger partial charge < -0.3 is 24.0 Å². The summed E-state index contributed by atoms with van der Waals surface area (Å²) in [6, 6.07) is 20.6. The lowest BCUT2D eigenvalue weighted by Gasteiger charge is -2.34. The molecule has 1 aliphatic heterocycles. The third-order valence-corrected chi connectivity index (χ3v) is 7.69. The molecule has 0 spiro atoms. The summed E-state index contributed by atoms with van der Waals surface area (Å²) >= 11 is 13.0. The molecule has 1 fully saturated rings. The van der Waals surface area contributed by atoms with Gasteiger partial charge in [0.15, 0.2) is 0 Å².